The zero-order valence-corrected chi connectivity index (χ0v) is 19.5. The van der Waals surface area contributed by atoms with Gasteiger partial charge in [-0.3, -0.25) is 4.90 Å². The fourth-order valence-corrected chi connectivity index (χ4v) is 4.09. The minimum Gasteiger partial charge on any atom is -0.493 e. The summed E-state index contributed by atoms with van der Waals surface area (Å²) in [6, 6.07) is 12.5. The number of carbonyl (C=O) groups is 1. The first kappa shape index (κ1) is 22.9. The Morgan fingerprint density at radius 2 is 1.81 bits per heavy atom. The van der Waals surface area contributed by atoms with Gasteiger partial charge in [0.1, 0.15) is 0 Å². The second kappa shape index (κ2) is 9.60. The van der Waals surface area contributed by atoms with E-state index in [0.29, 0.717) is 12.3 Å². The summed E-state index contributed by atoms with van der Waals surface area (Å²) in [6.45, 7) is 10.3. The molecule has 0 aliphatic carbocycles. The molecule has 2 N–H and O–H groups in total. The van der Waals surface area contributed by atoms with Crippen LogP contribution in [0.15, 0.2) is 36.4 Å². The van der Waals surface area contributed by atoms with Crippen LogP contribution in [0, 0.1) is 6.92 Å². The van der Waals surface area contributed by atoms with Gasteiger partial charge >= 0.3 is 6.03 Å². The minimum absolute atomic E-state index is 0.0360. The SMILES string of the molecule is COc1cc2c(cc1OC)[C@H](CNC(=O)NC(C)(C)C)N(Cc1ccccc1C)CC2. The highest BCUT2D eigenvalue weighted by atomic mass is 16.5. The lowest BCUT2D eigenvalue weighted by atomic mass is 9.91. The maximum absolute atomic E-state index is 12.5. The predicted molar refractivity (Wildman–Crippen MR) is 124 cm³/mol. The molecule has 0 aromatic heterocycles. The van der Waals surface area contributed by atoms with Crippen molar-refractivity contribution >= 4 is 6.03 Å². The molecule has 2 amide bonds. The van der Waals surface area contributed by atoms with Crippen LogP contribution in [0.25, 0.3) is 0 Å². The molecule has 6 nitrogen and oxygen atoms in total. The Bertz CT molecular complexity index is 921. The maximum atomic E-state index is 12.5. The molecule has 0 fully saturated rings. The van der Waals surface area contributed by atoms with E-state index in [2.05, 4.69) is 58.9 Å². The van der Waals surface area contributed by atoms with Gasteiger partial charge < -0.3 is 20.1 Å². The standard InChI is InChI=1S/C25H35N3O3/c1-17-9-7-8-10-19(17)16-28-12-11-18-13-22(30-5)23(31-6)14-20(18)21(28)15-26-24(29)27-25(2,3)4/h7-10,13-14,21H,11-12,15-16H2,1-6H3,(H2,26,27,29)/t21-/m0/s1. The first-order valence-electron chi connectivity index (χ1n) is 10.8. The topological polar surface area (TPSA) is 62.8 Å². The quantitative estimate of drug-likeness (QED) is 0.728. The molecule has 0 radical (unpaired) electrons. The zero-order valence-electron chi connectivity index (χ0n) is 19.5. The van der Waals surface area contributed by atoms with E-state index in [0.717, 1.165) is 25.3 Å². The third kappa shape index (κ3) is 5.70. The van der Waals surface area contributed by atoms with Crippen LogP contribution in [0.2, 0.25) is 0 Å². The molecule has 31 heavy (non-hydrogen) atoms. The van der Waals surface area contributed by atoms with E-state index in [1.807, 2.05) is 20.8 Å². The van der Waals surface area contributed by atoms with Crippen molar-refractivity contribution in [3.05, 3.63) is 58.7 Å². The van der Waals surface area contributed by atoms with Crippen molar-refractivity contribution in [2.45, 2.75) is 52.2 Å². The van der Waals surface area contributed by atoms with Crippen molar-refractivity contribution in [2.75, 3.05) is 27.3 Å². The molecular formula is C25H35N3O3. The molecule has 0 unspecified atom stereocenters. The second-order valence-corrected chi connectivity index (χ2v) is 9.15. The number of amides is 2. The lowest BCUT2D eigenvalue weighted by molar-refractivity contribution is 0.169. The van der Waals surface area contributed by atoms with Crippen LogP contribution in [-0.2, 0) is 13.0 Å². The molecule has 1 aliphatic rings. The average molecular weight is 426 g/mol. The summed E-state index contributed by atoms with van der Waals surface area (Å²) < 4.78 is 11.1. The Balaban J connectivity index is 1.90. The summed E-state index contributed by atoms with van der Waals surface area (Å²) >= 11 is 0. The van der Waals surface area contributed by atoms with E-state index in [9.17, 15) is 4.79 Å². The molecule has 1 atom stereocenters. The van der Waals surface area contributed by atoms with Crippen LogP contribution in [0.5, 0.6) is 11.5 Å². The Kier molecular flexibility index (Phi) is 7.11. The number of nitrogens with one attached hydrogen (secondary N) is 2. The van der Waals surface area contributed by atoms with Gasteiger partial charge in [0.25, 0.3) is 0 Å². The number of hydrogen-bond donors (Lipinski definition) is 2. The fraction of sp³-hybridized carbons (Fsp3) is 0.480. The predicted octanol–water partition coefficient (Wildman–Crippen LogP) is 4.21. The zero-order chi connectivity index (χ0) is 22.6. The molecule has 1 heterocycles. The van der Waals surface area contributed by atoms with Crippen LogP contribution in [0.1, 0.15) is 49.1 Å². The summed E-state index contributed by atoms with van der Waals surface area (Å²) in [6.07, 6.45) is 0.923. The molecule has 0 bridgehead atoms. The smallest absolute Gasteiger partial charge is 0.315 e. The van der Waals surface area contributed by atoms with Crippen molar-refractivity contribution < 1.29 is 14.3 Å². The van der Waals surface area contributed by atoms with E-state index in [4.69, 9.17) is 9.47 Å². The van der Waals surface area contributed by atoms with Crippen LogP contribution >= 0.6 is 0 Å². The number of ether oxygens (including phenoxy) is 2. The van der Waals surface area contributed by atoms with E-state index >= 15 is 0 Å². The third-order valence-corrected chi connectivity index (χ3v) is 5.69. The maximum Gasteiger partial charge on any atom is 0.315 e. The summed E-state index contributed by atoms with van der Waals surface area (Å²) in [5.74, 6) is 1.45. The summed E-state index contributed by atoms with van der Waals surface area (Å²) in [5, 5.41) is 6.07. The van der Waals surface area contributed by atoms with Crippen LogP contribution < -0.4 is 20.1 Å². The first-order chi connectivity index (χ1) is 14.7. The lowest BCUT2D eigenvalue weighted by Gasteiger charge is -2.38. The van der Waals surface area contributed by atoms with E-state index in [1.165, 1.54) is 22.3 Å². The number of methoxy groups -OCH3 is 2. The van der Waals surface area contributed by atoms with Crippen LogP contribution in [-0.4, -0.2) is 43.8 Å². The van der Waals surface area contributed by atoms with Gasteiger partial charge in [-0.15, -0.1) is 0 Å². The number of carbonyl (C=O) groups excluding carboxylic acids is 1. The number of benzene rings is 2. The van der Waals surface area contributed by atoms with Crippen molar-refractivity contribution in [3.63, 3.8) is 0 Å². The van der Waals surface area contributed by atoms with Crippen LogP contribution in [0.4, 0.5) is 4.79 Å². The van der Waals surface area contributed by atoms with E-state index in [1.54, 1.807) is 14.2 Å². The van der Waals surface area contributed by atoms with Gasteiger partial charge in [0.15, 0.2) is 11.5 Å². The molecule has 2 aromatic rings. The molecular weight excluding hydrogens is 390 g/mol. The van der Waals surface area contributed by atoms with Gasteiger partial charge in [0, 0.05) is 25.2 Å². The van der Waals surface area contributed by atoms with Crippen molar-refractivity contribution in [1.82, 2.24) is 15.5 Å². The van der Waals surface area contributed by atoms with Crippen molar-refractivity contribution in [1.29, 1.82) is 0 Å². The highest BCUT2D eigenvalue weighted by Gasteiger charge is 2.30. The number of fused-ring (bicyclic) bond motifs is 1. The van der Waals surface area contributed by atoms with E-state index in [-0.39, 0.29) is 17.6 Å². The summed E-state index contributed by atoms with van der Waals surface area (Å²) in [7, 11) is 3.32. The molecule has 2 aromatic carbocycles. The summed E-state index contributed by atoms with van der Waals surface area (Å²) in [4.78, 5) is 14.9. The first-order valence-corrected chi connectivity index (χ1v) is 10.8. The molecule has 0 saturated heterocycles. The van der Waals surface area contributed by atoms with Gasteiger partial charge in [-0.25, -0.2) is 4.79 Å². The van der Waals surface area contributed by atoms with Crippen molar-refractivity contribution in [2.24, 2.45) is 0 Å². The Labute approximate surface area is 185 Å². The van der Waals surface area contributed by atoms with Gasteiger partial charge in [-0.05, 0) is 68.5 Å². The van der Waals surface area contributed by atoms with Gasteiger partial charge in [0.05, 0.1) is 20.3 Å². The Morgan fingerprint density at radius 3 is 2.45 bits per heavy atom. The molecule has 3 rings (SSSR count). The van der Waals surface area contributed by atoms with E-state index < -0.39 is 0 Å². The Morgan fingerprint density at radius 1 is 1.13 bits per heavy atom. The normalized spacial score (nSPS) is 16.4. The molecule has 168 valence electrons. The molecule has 6 heteroatoms. The largest absolute Gasteiger partial charge is 0.493 e. The Hall–Kier alpha value is -2.73. The molecule has 0 saturated carbocycles. The number of hydrogen-bond acceptors (Lipinski definition) is 4. The fourth-order valence-electron chi connectivity index (χ4n) is 4.09. The number of nitrogens with zero attached hydrogens (tertiary/aromatic N) is 1. The second-order valence-electron chi connectivity index (χ2n) is 9.15. The number of aryl methyl sites for hydroxylation is 1. The third-order valence-electron chi connectivity index (χ3n) is 5.69. The summed E-state index contributed by atoms with van der Waals surface area (Å²) in [5.41, 5.74) is 4.70. The van der Waals surface area contributed by atoms with Gasteiger partial charge in [-0.2, -0.15) is 0 Å². The minimum atomic E-state index is -0.286. The van der Waals surface area contributed by atoms with Gasteiger partial charge in [-0.1, -0.05) is 24.3 Å². The lowest BCUT2D eigenvalue weighted by Crippen LogP contribution is -2.49. The molecule has 0 spiro atoms. The monoisotopic (exact) mass is 425 g/mol. The van der Waals surface area contributed by atoms with Crippen LogP contribution in [0.3, 0.4) is 0 Å². The van der Waals surface area contributed by atoms with Crippen molar-refractivity contribution in [3.8, 4) is 11.5 Å². The number of rotatable bonds is 6. The number of urea groups is 1. The average Bonchev–Trinajstić information content (AvgIpc) is 2.72. The molecule has 1 aliphatic heterocycles. The van der Waals surface area contributed by atoms with Gasteiger partial charge in [0.2, 0.25) is 0 Å². The highest BCUT2D eigenvalue weighted by molar-refractivity contribution is 5.74. The highest BCUT2D eigenvalue weighted by Crippen LogP contribution is 2.38.